The zero-order chi connectivity index (χ0) is 30.4. The molecule has 3 aromatic carbocycles. The molecule has 0 aliphatic rings. The van der Waals surface area contributed by atoms with Crippen molar-refractivity contribution in [1.82, 2.24) is 10.2 Å². The molecule has 0 saturated heterocycles. The van der Waals surface area contributed by atoms with E-state index in [9.17, 15) is 18.0 Å². The van der Waals surface area contributed by atoms with Gasteiger partial charge in [-0.3, -0.25) is 13.9 Å². The molecule has 220 valence electrons. The van der Waals surface area contributed by atoms with E-state index in [0.717, 1.165) is 21.7 Å². The number of benzene rings is 3. The first-order chi connectivity index (χ1) is 19.2. The molecule has 1 N–H and O–H groups in total. The fraction of sp³-hybridized carbons (Fsp3) is 0.333. The summed E-state index contributed by atoms with van der Waals surface area (Å²) in [5.41, 5.74) is 1.09. The third-order valence-electron chi connectivity index (χ3n) is 6.12. The third-order valence-corrected chi connectivity index (χ3v) is 7.74. The first-order valence-electron chi connectivity index (χ1n) is 12.9. The molecule has 11 heteroatoms. The zero-order valence-electron chi connectivity index (χ0n) is 23.7. The molecule has 0 aromatic heterocycles. The molecule has 1 atom stereocenters. The van der Waals surface area contributed by atoms with E-state index >= 15 is 0 Å². The maximum atomic E-state index is 14.2. The van der Waals surface area contributed by atoms with E-state index in [1.807, 2.05) is 51.1 Å². The summed E-state index contributed by atoms with van der Waals surface area (Å²) in [5.74, 6) is -0.726. The second-order valence-electron chi connectivity index (χ2n) is 10.7. The fourth-order valence-electron chi connectivity index (χ4n) is 4.25. The van der Waals surface area contributed by atoms with Gasteiger partial charge in [-0.25, -0.2) is 8.42 Å². The van der Waals surface area contributed by atoms with E-state index < -0.39 is 34.1 Å². The molecule has 0 unspecified atom stereocenters. The van der Waals surface area contributed by atoms with Crippen LogP contribution < -0.4 is 14.4 Å². The van der Waals surface area contributed by atoms with Gasteiger partial charge in [-0.1, -0.05) is 65.7 Å². The Bertz CT molecular complexity index is 1460. The van der Waals surface area contributed by atoms with Crippen molar-refractivity contribution in [2.24, 2.45) is 0 Å². The molecule has 0 aliphatic heterocycles. The van der Waals surface area contributed by atoms with Crippen LogP contribution in [0.1, 0.15) is 31.9 Å². The number of anilines is 1. The third kappa shape index (κ3) is 9.38. The van der Waals surface area contributed by atoms with Gasteiger partial charge in [0.1, 0.15) is 18.3 Å². The maximum absolute atomic E-state index is 14.2. The van der Waals surface area contributed by atoms with Crippen molar-refractivity contribution in [3.63, 3.8) is 0 Å². The van der Waals surface area contributed by atoms with Crippen LogP contribution in [0.3, 0.4) is 0 Å². The van der Waals surface area contributed by atoms with Crippen LogP contribution in [-0.4, -0.2) is 56.6 Å². The second kappa shape index (κ2) is 13.6. The summed E-state index contributed by atoms with van der Waals surface area (Å²) in [4.78, 5) is 29.3. The van der Waals surface area contributed by atoms with Gasteiger partial charge in [-0.15, -0.1) is 0 Å². The van der Waals surface area contributed by atoms with Crippen LogP contribution in [0.25, 0.3) is 0 Å². The molecule has 3 rings (SSSR count). The van der Waals surface area contributed by atoms with E-state index in [4.69, 9.17) is 27.9 Å². The average Bonchev–Trinajstić information content (AvgIpc) is 2.89. The summed E-state index contributed by atoms with van der Waals surface area (Å²) in [7, 11) is -2.58. The van der Waals surface area contributed by atoms with Crippen LogP contribution in [-0.2, 0) is 32.6 Å². The van der Waals surface area contributed by atoms with Crippen molar-refractivity contribution in [3.05, 3.63) is 94.0 Å². The van der Waals surface area contributed by atoms with Gasteiger partial charge >= 0.3 is 0 Å². The molecule has 0 bridgehead atoms. The molecule has 0 saturated carbocycles. The quantitative estimate of drug-likeness (QED) is 0.313. The topological polar surface area (TPSA) is 96.0 Å². The highest BCUT2D eigenvalue weighted by Crippen LogP contribution is 2.33. The van der Waals surface area contributed by atoms with Crippen LogP contribution in [0.4, 0.5) is 5.69 Å². The number of hydrogen-bond donors (Lipinski definition) is 1. The van der Waals surface area contributed by atoms with E-state index in [1.54, 1.807) is 30.3 Å². The lowest BCUT2D eigenvalue weighted by molar-refractivity contribution is -0.140. The van der Waals surface area contributed by atoms with E-state index in [2.05, 4.69) is 5.32 Å². The fourth-order valence-corrected chi connectivity index (χ4v) is 5.38. The van der Waals surface area contributed by atoms with Gasteiger partial charge in [0.25, 0.3) is 0 Å². The lowest BCUT2D eigenvalue weighted by atomic mass is 10.0. The number of hydrogen-bond acceptors (Lipinski definition) is 5. The van der Waals surface area contributed by atoms with E-state index in [1.165, 1.54) is 24.1 Å². The Labute approximate surface area is 252 Å². The Hall–Kier alpha value is -3.27. The van der Waals surface area contributed by atoms with Gasteiger partial charge < -0.3 is 15.0 Å². The highest BCUT2D eigenvalue weighted by molar-refractivity contribution is 7.92. The predicted octanol–water partition coefficient (Wildman–Crippen LogP) is 5.32. The maximum Gasteiger partial charge on any atom is 0.244 e. The van der Waals surface area contributed by atoms with Gasteiger partial charge in [0.2, 0.25) is 21.8 Å². The molecule has 0 heterocycles. The predicted molar refractivity (Wildman–Crippen MR) is 164 cm³/mol. The second-order valence-corrected chi connectivity index (χ2v) is 13.5. The lowest BCUT2D eigenvalue weighted by Crippen LogP contribution is -2.56. The summed E-state index contributed by atoms with van der Waals surface area (Å²) >= 11 is 12.3. The first kappa shape index (κ1) is 32.2. The smallest absolute Gasteiger partial charge is 0.244 e. The van der Waals surface area contributed by atoms with Crippen molar-refractivity contribution < 1.29 is 22.7 Å². The normalized spacial score (nSPS) is 12.4. The number of nitrogens with one attached hydrogen (secondary N) is 1. The largest absolute Gasteiger partial charge is 0.495 e. The molecule has 0 radical (unpaired) electrons. The number of rotatable bonds is 11. The highest BCUT2D eigenvalue weighted by Gasteiger charge is 2.35. The van der Waals surface area contributed by atoms with Gasteiger partial charge in [0.15, 0.2) is 0 Å². The number of carbonyl (C=O) groups excluding carboxylic acids is 2. The number of halogens is 2. The van der Waals surface area contributed by atoms with Crippen molar-refractivity contribution in [2.45, 2.75) is 45.3 Å². The van der Waals surface area contributed by atoms with Crippen LogP contribution in [0.15, 0.2) is 72.8 Å². The molecule has 0 aliphatic carbocycles. The van der Waals surface area contributed by atoms with Crippen LogP contribution in [0.2, 0.25) is 10.0 Å². The SMILES string of the molecule is COc1ccc(Cl)cc1N(CC(=O)N(Cc1ccc(Cl)cc1)[C@H](Cc1ccccc1)C(=O)NC(C)(C)C)S(C)(=O)=O. The summed E-state index contributed by atoms with van der Waals surface area (Å²) in [5, 5.41) is 3.78. The first-order valence-corrected chi connectivity index (χ1v) is 15.5. The lowest BCUT2D eigenvalue weighted by Gasteiger charge is -2.35. The number of amides is 2. The van der Waals surface area contributed by atoms with Gasteiger partial charge in [0, 0.05) is 28.5 Å². The molecule has 3 aromatic rings. The molecule has 8 nitrogen and oxygen atoms in total. The van der Waals surface area contributed by atoms with Crippen LogP contribution in [0, 0.1) is 0 Å². The van der Waals surface area contributed by atoms with Crippen molar-refractivity contribution in [2.75, 3.05) is 24.2 Å². The number of ether oxygens (including phenoxy) is 1. The van der Waals surface area contributed by atoms with Gasteiger partial charge in [-0.05, 0) is 62.2 Å². The number of methoxy groups -OCH3 is 1. The molecular weight excluding hydrogens is 585 g/mol. The minimum atomic E-state index is -3.98. The summed E-state index contributed by atoms with van der Waals surface area (Å²) in [6.45, 7) is 5.01. The number of sulfonamides is 1. The van der Waals surface area contributed by atoms with Crippen molar-refractivity contribution >= 4 is 50.7 Å². The number of carbonyl (C=O) groups is 2. The van der Waals surface area contributed by atoms with Crippen molar-refractivity contribution in [1.29, 1.82) is 0 Å². The molecular formula is C30H35Cl2N3O5S. The molecule has 2 amide bonds. The Morgan fingerprint density at radius 2 is 1.54 bits per heavy atom. The Morgan fingerprint density at radius 3 is 2.10 bits per heavy atom. The van der Waals surface area contributed by atoms with E-state index in [-0.39, 0.29) is 35.3 Å². The Balaban J connectivity index is 2.11. The number of nitrogens with zero attached hydrogens (tertiary/aromatic N) is 2. The monoisotopic (exact) mass is 619 g/mol. The minimum Gasteiger partial charge on any atom is -0.495 e. The zero-order valence-corrected chi connectivity index (χ0v) is 26.1. The summed E-state index contributed by atoms with van der Waals surface area (Å²) in [6.07, 6.45) is 1.21. The average molecular weight is 621 g/mol. The Kier molecular flexibility index (Phi) is 10.7. The summed E-state index contributed by atoms with van der Waals surface area (Å²) < 4.78 is 32.3. The standard InChI is InChI=1S/C30H35Cl2N3O5S/c1-30(2,3)33-29(37)26(17-21-9-7-6-8-10-21)34(19-22-11-13-23(31)14-12-22)28(36)20-35(41(5,38)39)25-18-24(32)15-16-27(25)40-4/h6-16,18,26H,17,19-20H2,1-5H3,(H,33,37)/t26-/m1/s1. The van der Waals surface area contributed by atoms with E-state index in [0.29, 0.717) is 5.02 Å². The Morgan fingerprint density at radius 1 is 0.927 bits per heavy atom. The van der Waals surface area contributed by atoms with Crippen LogP contribution >= 0.6 is 23.2 Å². The molecule has 41 heavy (non-hydrogen) atoms. The highest BCUT2D eigenvalue weighted by atomic mass is 35.5. The van der Waals surface area contributed by atoms with Crippen molar-refractivity contribution in [3.8, 4) is 5.75 Å². The van der Waals surface area contributed by atoms with Gasteiger partial charge in [0.05, 0.1) is 19.1 Å². The molecule has 0 fully saturated rings. The van der Waals surface area contributed by atoms with Gasteiger partial charge in [-0.2, -0.15) is 0 Å². The van der Waals surface area contributed by atoms with Crippen LogP contribution in [0.5, 0.6) is 5.75 Å². The summed E-state index contributed by atoms with van der Waals surface area (Å²) in [6, 6.07) is 19.8. The minimum absolute atomic E-state index is 0.0371. The molecule has 0 spiro atoms.